The first-order valence-electron chi connectivity index (χ1n) is 9.64. The van der Waals surface area contributed by atoms with Crippen molar-refractivity contribution in [2.24, 2.45) is 14.1 Å². The zero-order chi connectivity index (χ0) is 22.1. The molecule has 1 amide bonds. The quantitative estimate of drug-likeness (QED) is 0.521. The Bertz CT molecular complexity index is 1390. The minimum absolute atomic E-state index is 0.208. The Labute approximate surface area is 182 Å². The van der Waals surface area contributed by atoms with Crippen molar-refractivity contribution in [2.75, 3.05) is 5.32 Å². The largest absolute Gasteiger partial charge is 0.332 e. The first-order chi connectivity index (χ1) is 14.9. The van der Waals surface area contributed by atoms with Gasteiger partial charge >= 0.3 is 5.69 Å². The number of nitrogens with zero attached hydrogens (tertiary/aromatic N) is 4. The zero-order valence-electron chi connectivity index (χ0n) is 17.3. The summed E-state index contributed by atoms with van der Waals surface area (Å²) in [5.74, 6) is -0.295. The number of hydrogen-bond acceptors (Lipinski definition) is 5. The Morgan fingerprint density at radius 3 is 2.42 bits per heavy atom. The van der Waals surface area contributed by atoms with Gasteiger partial charge in [-0.25, -0.2) is 9.78 Å². The second kappa shape index (κ2) is 8.27. The monoisotopic (exact) mass is 435 g/mol. The van der Waals surface area contributed by atoms with Crippen molar-refractivity contribution < 1.29 is 4.79 Å². The number of carbonyl (C=O) groups is 1. The summed E-state index contributed by atoms with van der Waals surface area (Å²) >= 11 is 1.55. The molecule has 0 saturated heterocycles. The number of aromatic nitrogens is 4. The summed E-state index contributed by atoms with van der Waals surface area (Å²) in [4.78, 5) is 44.0. The van der Waals surface area contributed by atoms with Crippen LogP contribution in [0.3, 0.4) is 0 Å². The smallest absolute Gasteiger partial charge is 0.323 e. The number of benzene rings is 2. The van der Waals surface area contributed by atoms with Gasteiger partial charge in [-0.1, -0.05) is 42.1 Å². The molecule has 0 bridgehead atoms. The molecular weight excluding hydrogens is 414 g/mol. The predicted octanol–water partition coefficient (Wildman–Crippen LogP) is 2.78. The van der Waals surface area contributed by atoms with Crippen LogP contribution in [0.4, 0.5) is 5.69 Å². The van der Waals surface area contributed by atoms with Gasteiger partial charge in [0.2, 0.25) is 5.91 Å². The van der Waals surface area contributed by atoms with E-state index in [1.165, 1.54) is 22.5 Å². The van der Waals surface area contributed by atoms with E-state index in [1.54, 1.807) is 25.7 Å². The van der Waals surface area contributed by atoms with Gasteiger partial charge in [0.25, 0.3) is 5.56 Å². The molecule has 9 heteroatoms. The lowest BCUT2D eigenvalue weighted by molar-refractivity contribution is -0.118. The number of anilines is 1. The van der Waals surface area contributed by atoms with E-state index in [1.807, 2.05) is 54.6 Å². The maximum Gasteiger partial charge on any atom is 0.332 e. The van der Waals surface area contributed by atoms with Gasteiger partial charge in [0.05, 0.1) is 12.0 Å². The molecule has 158 valence electrons. The molecule has 4 rings (SSSR count). The van der Waals surface area contributed by atoms with Crippen LogP contribution in [0.2, 0.25) is 0 Å². The standard InChI is InChI=1S/C22H21N5O3S/c1-14(27-13-23-19-18(27)21(29)26(3)22(30)25(19)2)20(28)24-16-11-7-8-12-17(16)31-15-9-5-4-6-10-15/h4-14H,1-3H3,(H,24,28)/t14-/m0/s1. The summed E-state index contributed by atoms with van der Waals surface area (Å²) in [5, 5.41) is 2.96. The molecule has 2 aromatic heterocycles. The molecule has 0 radical (unpaired) electrons. The molecule has 31 heavy (non-hydrogen) atoms. The molecule has 1 N–H and O–H groups in total. The second-order valence-electron chi connectivity index (χ2n) is 7.11. The Morgan fingerprint density at radius 2 is 1.68 bits per heavy atom. The highest BCUT2D eigenvalue weighted by Gasteiger charge is 2.22. The van der Waals surface area contributed by atoms with Gasteiger partial charge in [0.1, 0.15) is 6.04 Å². The fraction of sp³-hybridized carbons (Fsp3) is 0.182. The Kier molecular flexibility index (Phi) is 5.51. The van der Waals surface area contributed by atoms with Crippen molar-refractivity contribution in [1.29, 1.82) is 0 Å². The number of nitrogens with one attached hydrogen (secondary N) is 1. The molecule has 0 saturated carbocycles. The average Bonchev–Trinajstić information content (AvgIpc) is 3.23. The summed E-state index contributed by atoms with van der Waals surface area (Å²) < 4.78 is 3.81. The van der Waals surface area contributed by atoms with Crippen LogP contribution in [-0.4, -0.2) is 24.6 Å². The number of carbonyl (C=O) groups excluding carboxylic acids is 1. The Hall–Kier alpha value is -3.59. The van der Waals surface area contributed by atoms with Gasteiger partial charge in [-0.2, -0.15) is 0 Å². The van der Waals surface area contributed by atoms with Crippen molar-refractivity contribution in [2.45, 2.75) is 22.8 Å². The maximum atomic E-state index is 13.1. The van der Waals surface area contributed by atoms with Crippen molar-refractivity contribution in [3.8, 4) is 0 Å². The van der Waals surface area contributed by atoms with Gasteiger partial charge in [-0.05, 0) is 31.2 Å². The van der Waals surface area contributed by atoms with Crippen LogP contribution in [0.5, 0.6) is 0 Å². The first-order valence-corrected chi connectivity index (χ1v) is 10.5. The van der Waals surface area contributed by atoms with E-state index >= 15 is 0 Å². The molecule has 0 fully saturated rings. The average molecular weight is 436 g/mol. The van der Waals surface area contributed by atoms with Crippen molar-refractivity contribution in [3.63, 3.8) is 0 Å². The first kappa shape index (κ1) is 20.7. The highest BCUT2D eigenvalue weighted by atomic mass is 32.2. The molecule has 1 atom stereocenters. The lowest BCUT2D eigenvalue weighted by Crippen LogP contribution is -2.38. The van der Waals surface area contributed by atoms with Gasteiger partial charge in [-0.3, -0.25) is 18.7 Å². The number of para-hydroxylation sites is 1. The summed E-state index contributed by atoms with van der Waals surface area (Å²) in [7, 11) is 2.95. The minimum Gasteiger partial charge on any atom is -0.323 e. The molecule has 2 heterocycles. The highest BCUT2D eigenvalue weighted by molar-refractivity contribution is 7.99. The normalized spacial score (nSPS) is 12.1. The van der Waals surface area contributed by atoms with Crippen molar-refractivity contribution in [3.05, 3.63) is 81.8 Å². The van der Waals surface area contributed by atoms with Crippen LogP contribution < -0.4 is 16.6 Å². The van der Waals surface area contributed by atoms with E-state index < -0.39 is 17.3 Å². The Morgan fingerprint density at radius 1 is 1.00 bits per heavy atom. The summed E-state index contributed by atoms with van der Waals surface area (Å²) in [5.41, 5.74) is 0.173. The third-order valence-electron chi connectivity index (χ3n) is 5.09. The molecule has 0 aliphatic heterocycles. The van der Waals surface area contributed by atoms with E-state index in [0.29, 0.717) is 5.69 Å². The van der Waals surface area contributed by atoms with Crippen LogP contribution in [0, 0.1) is 0 Å². The van der Waals surface area contributed by atoms with Gasteiger partial charge in [0.15, 0.2) is 11.2 Å². The van der Waals surface area contributed by atoms with Crippen LogP contribution in [-0.2, 0) is 18.9 Å². The topological polar surface area (TPSA) is 90.9 Å². The number of aryl methyl sites for hydroxylation is 1. The number of fused-ring (bicyclic) bond motifs is 1. The fourth-order valence-electron chi connectivity index (χ4n) is 3.30. The number of amides is 1. The highest BCUT2D eigenvalue weighted by Crippen LogP contribution is 2.33. The summed E-state index contributed by atoms with van der Waals surface area (Å²) in [6.45, 7) is 1.69. The van der Waals surface area contributed by atoms with E-state index in [4.69, 9.17) is 0 Å². The number of hydrogen-bond donors (Lipinski definition) is 1. The summed E-state index contributed by atoms with van der Waals surface area (Å²) in [6.07, 6.45) is 1.42. The molecular formula is C22H21N5O3S. The minimum atomic E-state index is -0.718. The Balaban J connectivity index is 1.65. The van der Waals surface area contributed by atoms with E-state index in [-0.39, 0.29) is 17.1 Å². The predicted molar refractivity (Wildman–Crippen MR) is 121 cm³/mol. The lowest BCUT2D eigenvalue weighted by Gasteiger charge is -2.16. The lowest BCUT2D eigenvalue weighted by atomic mass is 10.2. The molecule has 0 aliphatic rings. The molecule has 0 unspecified atom stereocenters. The third-order valence-corrected chi connectivity index (χ3v) is 6.17. The third kappa shape index (κ3) is 3.79. The van der Waals surface area contributed by atoms with Crippen LogP contribution in [0.15, 0.2) is 80.3 Å². The molecule has 8 nitrogen and oxygen atoms in total. The zero-order valence-corrected chi connectivity index (χ0v) is 18.1. The van der Waals surface area contributed by atoms with Crippen LogP contribution >= 0.6 is 11.8 Å². The van der Waals surface area contributed by atoms with Crippen LogP contribution in [0.25, 0.3) is 11.2 Å². The van der Waals surface area contributed by atoms with Crippen molar-refractivity contribution >= 4 is 34.5 Å². The maximum absolute atomic E-state index is 13.1. The molecule has 4 aromatic rings. The molecule has 0 spiro atoms. The second-order valence-corrected chi connectivity index (χ2v) is 8.22. The van der Waals surface area contributed by atoms with E-state index in [2.05, 4.69) is 10.3 Å². The summed E-state index contributed by atoms with van der Waals surface area (Å²) in [6, 6.07) is 16.7. The number of imidazole rings is 1. The van der Waals surface area contributed by atoms with Crippen molar-refractivity contribution in [1.82, 2.24) is 18.7 Å². The number of rotatable bonds is 5. The van der Waals surface area contributed by atoms with E-state index in [0.717, 1.165) is 14.4 Å². The van der Waals surface area contributed by atoms with Gasteiger partial charge in [-0.15, -0.1) is 0 Å². The van der Waals surface area contributed by atoms with Crippen LogP contribution in [0.1, 0.15) is 13.0 Å². The SMILES string of the molecule is C[C@@H](C(=O)Nc1ccccc1Sc1ccccc1)n1cnc2c1c(=O)n(C)c(=O)n2C. The molecule has 0 aliphatic carbocycles. The van der Waals surface area contributed by atoms with E-state index in [9.17, 15) is 14.4 Å². The fourth-order valence-corrected chi connectivity index (χ4v) is 4.22. The van der Waals surface area contributed by atoms with Gasteiger partial charge in [0, 0.05) is 23.9 Å². The van der Waals surface area contributed by atoms with Gasteiger partial charge < -0.3 is 9.88 Å². The molecule has 2 aromatic carbocycles.